The SMILES string of the molecule is Nc1nc(C2=CCC(C[C@H](N)C(=O)O)CC2)cc(N2CCC(=C3c4ccc(Cl)cc4CCc4cccnc43)CC2)n1. The Hall–Kier alpha value is -3.75. The predicted molar refractivity (Wildman–Crippen MR) is 163 cm³/mol. The molecule has 2 aliphatic carbocycles. The van der Waals surface area contributed by atoms with Crippen molar-refractivity contribution in [1.82, 2.24) is 15.0 Å². The number of pyridine rings is 1. The Kier molecular flexibility index (Phi) is 7.77. The number of rotatable bonds is 5. The number of aromatic nitrogens is 3. The van der Waals surface area contributed by atoms with Crippen molar-refractivity contribution in [2.24, 2.45) is 11.7 Å². The number of carboxylic acid groups (broad SMARTS) is 1. The largest absolute Gasteiger partial charge is 0.480 e. The molecule has 3 heterocycles. The third kappa shape index (κ3) is 5.85. The molecule has 212 valence electrons. The molecule has 0 saturated carbocycles. The highest BCUT2D eigenvalue weighted by Gasteiger charge is 2.27. The maximum Gasteiger partial charge on any atom is 0.320 e. The number of nitrogens with zero attached hydrogens (tertiary/aromatic N) is 4. The molecule has 6 rings (SSSR count). The van der Waals surface area contributed by atoms with E-state index in [2.05, 4.69) is 39.1 Å². The van der Waals surface area contributed by atoms with Crippen LogP contribution in [-0.2, 0) is 17.6 Å². The molecule has 0 amide bonds. The highest BCUT2D eigenvalue weighted by Crippen LogP contribution is 2.39. The third-order valence-electron chi connectivity index (χ3n) is 8.66. The number of nitrogen functional groups attached to an aromatic ring is 1. The first kappa shape index (κ1) is 27.4. The Morgan fingerprint density at radius 2 is 1.88 bits per heavy atom. The molecular formula is C32H35ClN6O2. The van der Waals surface area contributed by atoms with Crippen LogP contribution in [0.15, 0.2) is 54.2 Å². The van der Waals surface area contributed by atoms with E-state index in [9.17, 15) is 4.79 Å². The van der Waals surface area contributed by atoms with Crippen molar-refractivity contribution in [3.8, 4) is 0 Å². The number of anilines is 2. The summed E-state index contributed by atoms with van der Waals surface area (Å²) in [5, 5.41) is 9.91. The Labute approximate surface area is 245 Å². The highest BCUT2D eigenvalue weighted by molar-refractivity contribution is 6.30. The van der Waals surface area contributed by atoms with Gasteiger partial charge < -0.3 is 21.5 Å². The summed E-state index contributed by atoms with van der Waals surface area (Å²) in [6.45, 7) is 1.65. The van der Waals surface area contributed by atoms with E-state index in [1.54, 1.807) is 0 Å². The Morgan fingerprint density at radius 3 is 2.63 bits per heavy atom. The zero-order valence-corrected chi connectivity index (χ0v) is 23.8. The van der Waals surface area contributed by atoms with Gasteiger partial charge in [0.05, 0.1) is 11.4 Å². The van der Waals surface area contributed by atoms with Gasteiger partial charge in [-0.25, -0.2) is 4.98 Å². The van der Waals surface area contributed by atoms with Crippen LogP contribution in [0.2, 0.25) is 5.02 Å². The minimum atomic E-state index is -0.943. The van der Waals surface area contributed by atoms with Gasteiger partial charge in [-0.15, -0.1) is 0 Å². The lowest BCUT2D eigenvalue weighted by molar-refractivity contribution is -0.139. The van der Waals surface area contributed by atoms with Gasteiger partial charge in [-0.1, -0.05) is 35.4 Å². The molecule has 8 nitrogen and oxygen atoms in total. The number of hydrogen-bond acceptors (Lipinski definition) is 7. The predicted octanol–water partition coefficient (Wildman–Crippen LogP) is 5.29. The van der Waals surface area contributed by atoms with E-state index in [1.165, 1.54) is 27.8 Å². The second-order valence-electron chi connectivity index (χ2n) is 11.3. The normalized spacial score (nSPS) is 19.6. The Bertz CT molecular complexity index is 1540. The van der Waals surface area contributed by atoms with Crippen LogP contribution in [0.4, 0.5) is 11.8 Å². The first-order valence-corrected chi connectivity index (χ1v) is 14.8. The number of allylic oxidation sites excluding steroid dienone is 2. The average Bonchev–Trinajstić information content (AvgIpc) is 3.14. The zero-order chi connectivity index (χ0) is 28.5. The number of halogens is 1. The maximum absolute atomic E-state index is 11.1. The summed E-state index contributed by atoms with van der Waals surface area (Å²) in [6, 6.07) is 11.7. The van der Waals surface area contributed by atoms with E-state index in [1.807, 2.05) is 24.4 Å². The monoisotopic (exact) mass is 570 g/mol. The molecule has 0 spiro atoms. The van der Waals surface area contributed by atoms with Gasteiger partial charge in [-0.05, 0) is 97.7 Å². The molecule has 2 atom stereocenters. The van der Waals surface area contributed by atoms with E-state index in [-0.39, 0.29) is 11.9 Å². The van der Waals surface area contributed by atoms with Crippen molar-refractivity contribution in [1.29, 1.82) is 0 Å². The van der Waals surface area contributed by atoms with Gasteiger partial charge in [0.15, 0.2) is 0 Å². The quantitative estimate of drug-likeness (QED) is 0.377. The van der Waals surface area contributed by atoms with Gasteiger partial charge in [0.2, 0.25) is 5.95 Å². The molecule has 1 saturated heterocycles. The lowest BCUT2D eigenvalue weighted by Crippen LogP contribution is -2.32. The summed E-state index contributed by atoms with van der Waals surface area (Å²) in [5.74, 6) is 0.438. The van der Waals surface area contributed by atoms with Gasteiger partial charge >= 0.3 is 5.97 Å². The van der Waals surface area contributed by atoms with Crippen molar-refractivity contribution in [2.45, 2.75) is 57.4 Å². The van der Waals surface area contributed by atoms with Crippen LogP contribution < -0.4 is 16.4 Å². The van der Waals surface area contributed by atoms with Crippen LogP contribution in [0.5, 0.6) is 0 Å². The molecule has 1 aromatic carbocycles. The first-order chi connectivity index (χ1) is 19.9. The van der Waals surface area contributed by atoms with Crippen LogP contribution >= 0.6 is 11.6 Å². The second-order valence-corrected chi connectivity index (χ2v) is 11.7. The molecule has 9 heteroatoms. The standard InChI is InChI=1S/C32H35ClN6O2/c33-24-9-10-25-23(17-24)8-7-22-2-1-13-36-30(22)29(25)21-11-14-39(15-12-21)28-18-27(37-32(35)38-28)20-5-3-19(4-6-20)16-26(34)31(40)41/h1-2,5,9-10,13,17-19,26H,3-4,6-8,11-12,14-16,34H2,(H,40,41)(H2,35,37,38)/t19?,26-/m0/s1. The van der Waals surface area contributed by atoms with Crippen molar-refractivity contribution >= 4 is 40.5 Å². The lowest BCUT2D eigenvalue weighted by atomic mass is 9.84. The Morgan fingerprint density at radius 1 is 1.07 bits per heavy atom. The zero-order valence-electron chi connectivity index (χ0n) is 23.0. The van der Waals surface area contributed by atoms with E-state index < -0.39 is 12.0 Å². The fourth-order valence-corrected chi connectivity index (χ4v) is 6.66. The highest BCUT2D eigenvalue weighted by atomic mass is 35.5. The number of fused-ring (bicyclic) bond motifs is 2. The van der Waals surface area contributed by atoms with Crippen LogP contribution in [0.25, 0.3) is 11.1 Å². The van der Waals surface area contributed by atoms with Crippen molar-refractivity contribution in [3.05, 3.63) is 87.3 Å². The van der Waals surface area contributed by atoms with E-state index in [0.717, 1.165) is 85.8 Å². The van der Waals surface area contributed by atoms with E-state index >= 15 is 0 Å². The number of aliphatic carboxylic acids is 1. The molecule has 3 aliphatic rings. The van der Waals surface area contributed by atoms with Gasteiger partial charge in [0.25, 0.3) is 0 Å². The summed E-state index contributed by atoms with van der Waals surface area (Å²) >= 11 is 6.39. The van der Waals surface area contributed by atoms with Gasteiger partial charge in [0.1, 0.15) is 11.9 Å². The molecule has 1 unspecified atom stereocenters. The summed E-state index contributed by atoms with van der Waals surface area (Å²) in [4.78, 5) is 27.4. The number of aryl methyl sites for hydroxylation is 2. The van der Waals surface area contributed by atoms with E-state index in [0.29, 0.717) is 6.42 Å². The fraction of sp³-hybridized carbons (Fsp3) is 0.375. The molecule has 2 aromatic heterocycles. The minimum Gasteiger partial charge on any atom is -0.480 e. The molecular weight excluding hydrogens is 536 g/mol. The summed E-state index contributed by atoms with van der Waals surface area (Å²) in [7, 11) is 0. The first-order valence-electron chi connectivity index (χ1n) is 14.4. The molecule has 0 bridgehead atoms. The minimum absolute atomic E-state index is 0.266. The fourth-order valence-electron chi connectivity index (χ4n) is 6.46. The average molecular weight is 571 g/mol. The third-order valence-corrected chi connectivity index (χ3v) is 8.89. The molecule has 5 N–H and O–H groups in total. The molecule has 1 fully saturated rings. The van der Waals surface area contributed by atoms with Crippen LogP contribution in [0.3, 0.4) is 0 Å². The van der Waals surface area contributed by atoms with Gasteiger partial charge in [-0.3, -0.25) is 9.78 Å². The number of nitrogens with two attached hydrogens (primary N) is 2. The van der Waals surface area contributed by atoms with Crippen LogP contribution in [0, 0.1) is 5.92 Å². The topological polar surface area (TPSA) is 131 Å². The Balaban J connectivity index is 1.23. The molecule has 0 radical (unpaired) electrons. The van der Waals surface area contributed by atoms with Crippen molar-refractivity contribution < 1.29 is 9.90 Å². The molecule has 1 aliphatic heterocycles. The summed E-state index contributed by atoms with van der Waals surface area (Å²) in [6.07, 6.45) is 10.7. The number of hydrogen-bond donors (Lipinski definition) is 3. The van der Waals surface area contributed by atoms with E-state index in [4.69, 9.17) is 33.2 Å². The van der Waals surface area contributed by atoms with Gasteiger partial charge in [-0.2, -0.15) is 4.98 Å². The van der Waals surface area contributed by atoms with Gasteiger partial charge in [0, 0.05) is 35.9 Å². The van der Waals surface area contributed by atoms with Crippen molar-refractivity contribution in [3.63, 3.8) is 0 Å². The number of benzene rings is 1. The molecule has 41 heavy (non-hydrogen) atoms. The maximum atomic E-state index is 11.1. The number of piperidine rings is 1. The smallest absolute Gasteiger partial charge is 0.320 e. The number of carboxylic acids is 1. The second kappa shape index (κ2) is 11.6. The van der Waals surface area contributed by atoms with Crippen LogP contribution in [-0.4, -0.2) is 45.2 Å². The van der Waals surface area contributed by atoms with Crippen LogP contribution in [0.1, 0.15) is 66.6 Å². The summed E-state index contributed by atoms with van der Waals surface area (Å²) in [5.41, 5.74) is 21.5. The summed E-state index contributed by atoms with van der Waals surface area (Å²) < 4.78 is 0. The van der Waals surface area contributed by atoms with Crippen molar-refractivity contribution in [2.75, 3.05) is 23.7 Å². The lowest BCUT2D eigenvalue weighted by Gasteiger charge is -2.31. The molecule has 3 aromatic rings. The number of carbonyl (C=O) groups is 1.